The molecule has 0 fully saturated rings. The van der Waals surface area contributed by atoms with Crippen LogP contribution in [0.5, 0.6) is 0 Å². The molecule has 0 amide bonds. The largest absolute Gasteiger partial charge is 0.371 e. The third-order valence-corrected chi connectivity index (χ3v) is 3.24. The van der Waals surface area contributed by atoms with Gasteiger partial charge in [-0.3, -0.25) is 0 Å². The topological polar surface area (TPSA) is 32.5 Å². The summed E-state index contributed by atoms with van der Waals surface area (Å²) in [7, 11) is 4.14. The summed E-state index contributed by atoms with van der Waals surface area (Å²) >= 11 is 0. The van der Waals surface area contributed by atoms with Crippen molar-refractivity contribution in [1.82, 2.24) is 4.90 Å². The lowest BCUT2D eigenvalue weighted by Gasteiger charge is -2.27. The fourth-order valence-corrected chi connectivity index (χ4v) is 2.20. The van der Waals surface area contributed by atoms with E-state index < -0.39 is 0 Å². The zero-order chi connectivity index (χ0) is 14.4. The van der Waals surface area contributed by atoms with E-state index in [0.29, 0.717) is 0 Å². The summed E-state index contributed by atoms with van der Waals surface area (Å²) in [6.07, 6.45) is 1.08. The van der Waals surface area contributed by atoms with E-state index in [2.05, 4.69) is 30.8 Å². The first-order chi connectivity index (χ1) is 8.95. The lowest BCUT2D eigenvalue weighted by atomic mass is 10.1. The van der Waals surface area contributed by atoms with Gasteiger partial charge in [-0.25, -0.2) is 4.39 Å². The zero-order valence-electron chi connectivity index (χ0n) is 12.5. The number of halogens is 1. The van der Waals surface area contributed by atoms with Crippen LogP contribution in [0.2, 0.25) is 0 Å². The lowest BCUT2D eigenvalue weighted by Crippen LogP contribution is -2.28. The number of nitrogens with two attached hydrogens (primary N) is 1. The average Bonchev–Trinajstić information content (AvgIpc) is 2.34. The second-order valence-corrected chi connectivity index (χ2v) is 5.23. The molecule has 1 rings (SSSR count). The molecule has 108 valence electrons. The summed E-state index contributed by atoms with van der Waals surface area (Å²) in [5, 5.41) is 0. The highest BCUT2D eigenvalue weighted by atomic mass is 19.1. The van der Waals surface area contributed by atoms with Crippen LogP contribution in [-0.4, -0.2) is 38.6 Å². The Balaban J connectivity index is 2.85. The Morgan fingerprint density at radius 2 is 1.95 bits per heavy atom. The molecule has 0 radical (unpaired) electrons. The standard InChI is InChI=1S/C15H26FN3/c1-5-19(10-6-9-18(3)4)15-8-7-13(16)11-14(15)12(2)17/h7-8,11-12H,5-6,9-10,17H2,1-4H3. The van der Waals surface area contributed by atoms with E-state index in [0.717, 1.165) is 37.3 Å². The van der Waals surface area contributed by atoms with E-state index in [1.54, 1.807) is 6.07 Å². The quantitative estimate of drug-likeness (QED) is 0.824. The number of hydrogen-bond acceptors (Lipinski definition) is 3. The van der Waals surface area contributed by atoms with E-state index in [4.69, 9.17) is 5.73 Å². The lowest BCUT2D eigenvalue weighted by molar-refractivity contribution is 0.400. The molecule has 0 aliphatic heterocycles. The fraction of sp³-hybridized carbons (Fsp3) is 0.600. The monoisotopic (exact) mass is 267 g/mol. The Kier molecular flexibility index (Phi) is 6.25. The molecule has 0 saturated carbocycles. The minimum atomic E-state index is -0.222. The molecule has 1 atom stereocenters. The molecule has 19 heavy (non-hydrogen) atoms. The molecular weight excluding hydrogens is 241 g/mol. The van der Waals surface area contributed by atoms with Crippen molar-refractivity contribution in [2.24, 2.45) is 5.73 Å². The molecule has 1 aromatic rings. The Morgan fingerprint density at radius 1 is 1.26 bits per heavy atom. The predicted octanol–water partition coefficient (Wildman–Crippen LogP) is 2.62. The first-order valence-electron chi connectivity index (χ1n) is 6.90. The van der Waals surface area contributed by atoms with E-state index in [1.807, 2.05) is 13.0 Å². The number of hydrogen-bond donors (Lipinski definition) is 1. The highest BCUT2D eigenvalue weighted by molar-refractivity contribution is 5.55. The first kappa shape index (κ1) is 15.9. The van der Waals surface area contributed by atoms with Gasteiger partial charge >= 0.3 is 0 Å². The summed E-state index contributed by atoms with van der Waals surface area (Å²) in [6, 6.07) is 4.74. The Labute approximate surface area is 116 Å². The van der Waals surface area contributed by atoms with E-state index in [1.165, 1.54) is 6.07 Å². The van der Waals surface area contributed by atoms with Gasteiger partial charge in [0, 0.05) is 24.8 Å². The highest BCUT2D eigenvalue weighted by Crippen LogP contribution is 2.26. The average molecular weight is 267 g/mol. The van der Waals surface area contributed by atoms with Gasteiger partial charge in [0.15, 0.2) is 0 Å². The van der Waals surface area contributed by atoms with Gasteiger partial charge in [-0.05, 0) is 64.7 Å². The van der Waals surface area contributed by atoms with E-state index >= 15 is 0 Å². The number of benzene rings is 1. The third-order valence-electron chi connectivity index (χ3n) is 3.24. The van der Waals surface area contributed by atoms with E-state index in [9.17, 15) is 4.39 Å². The first-order valence-corrected chi connectivity index (χ1v) is 6.90. The molecule has 1 aromatic carbocycles. The molecule has 0 bridgehead atoms. The Hall–Kier alpha value is -1.13. The van der Waals surface area contributed by atoms with Gasteiger partial charge in [0.05, 0.1) is 0 Å². The molecule has 2 N–H and O–H groups in total. The van der Waals surface area contributed by atoms with Crippen molar-refractivity contribution in [3.05, 3.63) is 29.6 Å². The minimum Gasteiger partial charge on any atom is -0.371 e. The van der Waals surface area contributed by atoms with Gasteiger partial charge in [-0.1, -0.05) is 0 Å². The van der Waals surface area contributed by atoms with Crippen LogP contribution >= 0.6 is 0 Å². The van der Waals surface area contributed by atoms with Crippen molar-refractivity contribution in [3.63, 3.8) is 0 Å². The van der Waals surface area contributed by atoms with Crippen LogP contribution in [0.1, 0.15) is 31.9 Å². The highest BCUT2D eigenvalue weighted by Gasteiger charge is 2.13. The molecule has 0 aromatic heterocycles. The summed E-state index contributed by atoms with van der Waals surface area (Å²) in [5.74, 6) is -0.222. The molecule has 4 heteroatoms. The van der Waals surface area contributed by atoms with Crippen molar-refractivity contribution in [1.29, 1.82) is 0 Å². The third kappa shape index (κ3) is 4.80. The second kappa shape index (κ2) is 7.46. The van der Waals surface area contributed by atoms with Crippen molar-refractivity contribution in [2.75, 3.05) is 38.6 Å². The fourth-order valence-electron chi connectivity index (χ4n) is 2.20. The maximum absolute atomic E-state index is 13.4. The van der Waals surface area contributed by atoms with Gasteiger partial charge in [0.2, 0.25) is 0 Å². The van der Waals surface area contributed by atoms with Crippen molar-refractivity contribution < 1.29 is 4.39 Å². The maximum Gasteiger partial charge on any atom is 0.123 e. The molecule has 0 spiro atoms. The van der Waals surface area contributed by atoms with Gasteiger partial charge in [-0.15, -0.1) is 0 Å². The maximum atomic E-state index is 13.4. The van der Waals surface area contributed by atoms with Crippen LogP contribution in [0.25, 0.3) is 0 Å². The van der Waals surface area contributed by atoms with E-state index in [-0.39, 0.29) is 11.9 Å². The van der Waals surface area contributed by atoms with Gasteiger partial charge in [0.25, 0.3) is 0 Å². The van der Waals surface area contributed by atoms with Crippen molar-refractivity contribution >= 4 is 5.69 Å². The number of anilines is 1. The summed E-state index contributed by atoms with van der Waals surface area (Å²) in [6.45, 7) is 6.92. The van der Waals surface area contributed by atoms with Crippen molar-refractivity contribution in [3.8, 4) is 0 Å². The summed E-state index contributed by atoms with van der Waals surface area (Å²) < 4.78 is 13.4. The molecule has 0 saturated heterocycles. The van der Waals surface area contributed by atoms with Crippen LogP contribution < -0.4 is 10.6 Å². The summed E-state index contributed by atoms with van der Waals surface area (Å²) in [4.78, 5) is 4.44. The zero-order valence-corrected chi connectivity index (χ0v) is 12.5. The Bertz CT molecular complexity index is 391. The van der Waals surface area contributed by atoms with Gasteiger partial charge < -0.3 is 15.5 Å². The molecular formula is C15H26FN3. The molecule has 0 aliphatic rings. The molecule has 3 nitrogen and oxygen atoms in total. The Morgan fingerprint density at radius 3 is 2.47 bits per heavy atom. The molecule has 0 aliphatic carbocycles. The molecule has 1 unspecified atom stereocenters. The SMILES string of the molecule is CCN(CCCN(C)C)c1ccc(F)cc1C(C)N. The smallest absolute Gasteiger partial charge is 0.123 e. The number of nitrogens with zero attached hydrogens (tertiary/aromatic N) is 2. The predicted molar refractivity (Wildman–Crippen MR) is 80.1 cm³/mol. The normalized spacial score (nSPS) is 12.8. The van der Waals surface area contributed by atoms with Crippen LogP contribution in [0.15, 0.2) is 18.2 Å². The number of rotatable bonds is 7. The summed E-state index contributed by atoms with van der Waals surface area (Å²) in [5.41, 5.74) is 7.89. The van der Waals surface area contributed by atoms with Crippen molar-refractivity contribution in [2.45, 2.75) is 26.3 Å². The van der Waals surface area contributed by atoms with Crippen LogP contribution in [-0.2, 0) is 0 Å². The van der Waals surface area contributed by atoms with Gasteiger partial charge in [-0.2, -0.15) is 0 Å². The second-order valence-electron chi connectivity index (χ2n) is 5.23. The van der Waals surface area contributed by atoms with Crippen LogP contribution in [0.3, 0.4) is 0 Å². The molecule has 0 heterocycles. The van der Waals surface area contributed by atoms with Crippen LogP contribution in [0.4, 0.5) is 10.1 Å². The minimum absolute atomic E-state index is 0.159. The van der Waals surface area contributed by atoms with Gasteiger partial charge in [0.1, 0.15) is 5.82 Å². The van der Waals surface area contributed by atoms with Crippen LogP contribution in [0, 0.1) is 5.82 Å².